The molecule has 3 amide bonds. The highest BCUT2D eigenvalue weighted by Crippen LogP contribution is 2.21. The van der Waals surface area contributed by atoms with Crippen LogP contribution in [-0.2, 0) is 4.79 Å². The molecule has 0 radical (unpaired) electrons. The topological polar surface area (TPSA) is 61.4 Å². The molecule has 1 fully saturated rings. The zero-order chi connectivity index (χ0) is 16.1. The quantitative estimate of drug-likeness (QED) is 0.877. The monoisotopic (exact) mass is 303 g/mol. The van der Waals surface area contributed by atoms with E-state index in [0.29, 0.717) is 25.4 Å². The summed E-state index contributed by atoms with van der Waals surface area (Å²) in [6.45, 7) is 7.44. The summed E-state index contributed by atoms with van der Waals surface area (Å²) >= 11 is 0. The number of aryl methyl sites for hydroxylation is 1. The molecule has 1 heterocycles. The van der Waals surface area contributed by atoms with Gasteiger partial charge in [-0.05, 0) is 31.4 Å². The molecule has 22 heavy (non-hydrogen) atoms. The van der Waals surface area contributed by atoms with Gasteiger partial charge in [0.25, 0.3) is 0 Å². The largest absolute Gasteiger partial charge is 0.338 e. The second-order valence-electron chi connectivity index (χ2n) is 6.32. The van der Waals surface area contributed by atoms with E-state index in [0.717, 1.165) is 17.7 Å². The van der Waals surface area contributed by atoms with Gasteiger partial charge in [0.2, 0.25) is 5.91 Å². The maximum atomic E-state index is 12.1. The summed E-state index contributed by atoms with van der Waals surface area (Å²) in [7, 11) is 0. The van der Waals surface area contributed by atoms with Crippen LogP contribution < -0.4 is 15.5 Å². The molecular weight excluding hydrogens is 278 g/mol. The molecule has 1 aliphatic rings. The fourth-order valence-corrected chi connectivity index (χ4v) is 2.49. The molecule has 2 N–H and O–H groups in total. The number of nitrogens with zero attached hydrogens (tertiary/aromatic N) is 1. The van der Waals surface area contributed by atoms with E-state index in [-0.39, 0.29) is 18.0 Å². The number of benzene rings is 1. The number of urea groups is 1. The standard InChI is InChI=1S/C17H25N3O2/c1-12(2)8-9-18-17(22)19-14-10-16(21)20(11-14)15-6-4-13(3)5-7-15/h4-7,12,14H,8-11H2,1-3H3,(H2,18,19,22)/t14-/m1/s1. The van der Waals surface area contributed by atoms with Gasteiger partial charge in [0.15, 0.2) is 0 Å². The summed E-state index contributed by atoms with van der Waals surface area (Å²) in [5, 5.41) is 5.72. The highest BCUT2D eigenvalue weighted by Gasteiger charge is 2.31. The van der Waals surface area contributed by atoms with E-state index >= 15 is 0 Å². The lowest BCUT2D eigenvalue weighted by Crippen LogP contribution is -2.43. The molecule has 120 valence electrons. The first kappa shape index (κ1) is 16.3. The summed E-state index contributed by atoms with van der Waals surface area (Å²) in [6.07, 6.45) is 1.30. The van der Waals surface area contributed by atoms with Gasteiger partial charge in [0, 0.05) is 25.2 Å². The normalized spacial score (nSPS) is 17.9. The predicted octanol–water partition coefficient (Wildman–Crippen LogP) is 2.45. The molecule has 5 nitrogen and oxygen atoms in total. The number of carbonyl (C=O) groups is 2. The number of hydrogen-bond acceptors (Lipinski definition) is 2. The Bertz CT molecular complexity index is 525. The first-order valence-electron chi connectivity index (χ1n) is 7.87. The Kier molecular flexibility index (Phi) is 5.41. The number of hydrogen-bond donors (Lipinski definition) is 2. The van der Waals surface area contributed by atoms with Crippen molar-refractivity contribution < 1.29 is 9.59 Å². The lowest BCUT2D eigenvalue weighted by Gasteiger charge is -2.17. The van der Waals surface area contributed by atoms with Crippen LogP contribution in [0.15, 0.2) is 24.3 Å². The molecule has 1 atom stereocenters. The molecule has 1 aliphatic heterocycles. The molecule has 0 saturated carbocycles. The van der Waals surface area contributed by atoms with Gasteiger partial charge < -0.3 is 15.5 Å². The third kappa shape index (κ3) is 4.48. The van der Waals surface area contributed by atoms with Gasteiger partial charge in [0.05, 0.1) is 6.04 Å². The van der Waals surface area contributed by atoms with Crippen molar-refractivity contribution in [2.24, 2.45) is 5.92 Å². The average Bonchev–Trinajstić information content (AvgIpc) is 2.80. The molecule has 0 aliphatic carbocycles. The van der Waals surface area contributed by atoms with E-state index in [1.54, 1.807) is 4.90 Å². The Morgan fingerprint density at radius 3 is 2.64 bits per heavy atom. The molecule has 0 unspecified atom stereocenters. The van der Waals surface area contributed by atoms with Crippen LogP contribution in [0.2, 0.25) is 0 Å². The van der Waals surface area contributed by atoms with Gasteiger partial charge in [-0.1, -0.05) is 31.5 Å². The molecule has 5 heteroatoms. The predicted molar refractivity (Wildman–Crippen MR) is 87.9 cm³/mol. The van der Waals surface area contributed by atoms with E-state index in [9.17, 15) is 9.59 Å². The van der Waals surface area contributed by atoms with Gasteiger partial charge in [-0.15, -0.1) is 0 Å². The summed E-state index contributed by atoms with van der Waals surface area (Å²) in [4.78, 5) is 25.7. The van der Waals surface area contributed by atoms with E-state index in [1.165, 1.54) is 0 Å². The van der Waals surface area contributed by atoms with Gasteiger partial charge >= 0.3 is 6.03 Å². The zero-order valence-electron chi connectivity index (χ0n) is 13.6. The number of nitrogens with one attached hydrogen (secondary N) is 2. The first-order chi connectivity index (χ1) is 10.5. The van der Waals surface area contributed by atoms with Crippen LogP contribution in [0.25, 0.3) is 0 Å². The minimum atomic E-state index is -0.191. The molecule has 1 saturated heterocycles. The second kappa shape index (κ2) is 7.29. The number of rotatable bonds is 5. The van der Waals surface area contributed by atoms with E-state index in [4.69, 9.17) is 0 Å². The van der Waals surface area contributed by atoms with Gasteiger partial charge in [-0.3, -0.25) is 4.79 Å². The summed E-state index contributed by atoms with van der Waals surface area (Å²) in [6, 6.07) is 7.54. The van der Waals surface area contributed by atoms with Crippen molar-refractivity contribution in [3.05, 3.63) is 29.8 Å². The van der Waals surface area contributed by atoms with Crippen LogP contribution >= 0.6 is 0 Å². The Balaban J connectivity index is 1.84. The summed E-state index contributed by atoms with van der Waals surface area (Å²) < 4.78 is 0. The number of anilines is 1. The third-order valence-corrected chi connectivity index (χ3v) is 3.81. The first-order valence-corrected chi connectivity index (χ1v) is 7.87. The van der Waals surface area contributed by atoms with Crippen LogP contribution in [0.4, 0.5) is 10.5 Å². The van der Waals surface area contributed by atoms with Crippen LogP contribution in [0.5, 0.6) is 0 Å². The summed E-state index contributed by atoms with van der Waals surface area (Å²) in [5.74, 6) is 0.613. The van der Waals surface area contributed by atoms with Crippen molar-refractivity contribution >= 4 is 17.6 Å². The van der Waals surface area contributed by atoms with Gasteiger partial charge in [0.1, 0.15) is 0 Å². The molecule has 1 aromatic carbocycles. The molecule has 0 aromatic heterocycles. The molecule has 0 spiro atoms. The minimum Gasteiger partial charge on any atom is -0.338 e. The maximum Gasteiger partial charge on any atom is 0.315 e. The SMILES string of the molecule is Cc1ccc(N2C[C@H](NC(=O)NCCC(C)C)CC2=O)cc1. The number of carbonyl (C=O) groups excluding carboxylic acids is 2. The Morgan fingerprint density at radius 2 is 2.00 bits per heavy atom. The van der Waals surface area contributed by atoms with E-state index < -0.39 is 0 Å². The minimum absolute atomic E-state index is 0.0522. The fourth-order valence-electron chi connectivity index (χ4n) is 2.49. The van der Waals surface area contributed by atoms with Crippen molar-refractivity contribution in [1.82, 2.24) is 10.6 Å². The van der Waals surface area contributed by atoms with Gasteiger partial charge in [-0.25, -0.2) is 4.79 Å². The van der Waals surface area contributed by atoms with E-state index in [1.807, 2.05) is 31.2 Å². The second-order valence-corrected chi connectivity index (χ2v) is 6.32. The van der Waals surface area contributed by atoms with Crippen LogP contribution in [0.3, 0.4) is 0 Å². The number of amides is 3. The molecule has 1 aromatic rings. The van der Waals surface area contributed by atoms with Crippen LogP contribution in [0.1, 0.15) is 32.3 Å². The van der Waals surface area contributed by atoms with Crippen molar-refractivity contribution in [2.45, 2.75) is 39.7 Å². The van der Waals surface area contributed by atoms with Crippen molar-refractivity contribution in [3.63, 3.8) is 0 Å². The molecule has 2 rings (SSSR count). The average molecular weight is 303 g/mol. The molecule has 0 bridgehead atoms. The third-order valence-electron chi connectivity index (χ3n) is 3.81. The van der Waals surface area contributed by atoms with Crippen LogP contribution in [0, 0.1) is 12.8 Å². The highest BCUT2D eigenvalue weighted by atomic mass is 16.2. The van der Waals surface area contributed by atoms with Crippen molar-refractivity contribution in [3.8, 4) is 0 Å². The fraction of sp³-hybridized carbons (Fsp3) is 0.529. The van der Waals surface area contributed by atoms with Gasteiger partial charge in [-0.2, -0.15) is 0 Å². The van der Waals surface area contributed by atoms with Crippen molar-refractivity contribution in [1.29, 1.82) is 0 Å². The zero-order valence-corrected chi connectivity index (χ0v) is 13.6. The summed E-state index contributed by atoms with van der Waals surface area (Å²) in [5.41, 5.74) is 2.05. The Morgan fingerprint density at radius 1 is 1.32 bits per heavy atom. The van der Waals surface area contributed by atoms with E-state index in [2.05, 4.69) is 24.5 Å². The Labute approximate surface area is 132 Å². The van der Waals surface area contributed by atoms with Crippen molar-refractivity contribution in [2.75, 3.05) is 18.0 Å². The smallest absolute Gasteiger partial charge is 0.315 e. The van der Waals surface area contributed by atoms with Crippen LogP contribution in [-0.4, -0.2) is 31.1 Å². The highest BCUT2D eigenvalue weighted by molar-refractivity contribution is 5.96. The molecular formula is C17H25N3O2. The lowest BCUT2D eigenvalue weighted by atomic mass is 10.1. The maximum absolute atomic E-state index is 12.1. The Hall–Kier alpha value is -2.04. The lowest BCUT2D eigenvalue weighted by molar-refractivity contribution is -0.117.